The lowest BCUT2D eigenvalue weighted by molar-refractivity contribution is 0.444. The molecule has 0 atom stereocenters. The Kier molecular flexibility index (Phi) is 4.43. The van der Waals surface area contributed by atoms with Crippen molar-refractivity contribution in [2.75, 3.05) is 10.6 Å². The summed E-state index contributed by atoms with van der Waals surface area (Å²) in [6, 6.07) is 9.87. The molecule has 0 bridgehead atoms. The molecule has 3 aromatic heterocycles. The van der Waals surface area contributed by atoms with Crippen LogP contribution in [0.1, 0.15) is 19.3 Å². The highest BCUT2D eigenvalue weighted by atomic mass is 35.5. The fraction of sp³-hybridized carbons (Fsp3) is 0.222. The van der Waals surface area contributed by atoms with Gasteiger partial charge < -0.3 is 10.6 Å². The summed E-state index contributed by atoms with van der Waals surface area (Å²) < 4.78 is 0. The summed E-state index contributed by atoms with van der Waals surface area (Å²) in [5.41, 5.74) is 1.50. The van der Waals surface area contributed by atoms with E-state index in [4.69, 9.17) is 11.6 Å². The summed E-state index contributed by atoms with van der Waals surface area (Å²) >= 11 is 6.01. The van der Waals surface area contributed by atoms with Gasteiger partial charge in [-0.3, -0.25) is 9.97 Å². The minimum absolute atomic E-state index is 0.479. The van der Waals surface area contributed by atoms with Crippen LogP contribution in [0.5, 0.6) is 0 Å². The highest BCUT2D eigenvalue weighted by Gasteiger charge is 2.18. The van der Waals surface area contributed by atoms with Gasteiger partial charge in [0.2, 0.25) is 0 Å². The monoisotopic (exact) mass is 352 g/mol. The Labute approximate surface area is 150 Å². The second-order valence-electron chi connectivity index (χ2n) is 5.97. The molecule has 0 radical (unpaired) electrons. The maximum atomic E-state index is 6.01. The Balaban J connectivity index is 1.67. The van der Waals surface area contributed by atoms with Gasteiger partial charge in [-0.1, -0.05) is 17.7 Å². The molecule has 2 N–H and O–H groups in total. The third-order valence-corrected chi connectivity index (χ3v) is 4.26. The normalized spacial score (nSPS) is 14.0. The molecule has 0 unspecified atom stereocenters. The van der Waals surface area contributed by atoms with Crippen molar-refractivity contribution in [1.82, 2.24) is 19.9 Å². The van der Waals surface area contributed by atoms with Crippen LogP contribution >= 0.6 is 11.6 Å². The van der Waals surface area contributed by atoms with E-state index >= 15 is 0 Å². The van der Waals surface area contributed by atoms with Crippen LogP contribution in [-0.4, -0.2) is 26.0 Å². The average molecular weight is 353 g/mol. The Morgan fingerprint density at radius 1 is 1.04 bits per heavy atom. The van der Waals surface area contributed by atoms with E-state index in [1.807, 2.05) is 24.3 Å². The largest absolute Gasteiger partial charge is 0.367 e. The van der Waals surface area contributed by atoms with Gasteiger partial charge in [-0.15, -0.1) is 0 Å². The lowest BCUT2D eigenvalue weighted by Crippen LogP contribution is -2.27. The minimum atomic E-state index is 0.479. The van der Waals surface area contributed by atoms with E-state index < -0.39 is 0 Å². The summed E-state index contributed by atoms with van der Waals surface area (Å²) in [6.45, 7) is 0. The van der Waals surface area contributed by atoms with Crippen LogP contribution in [0.4, 0.5) is 17.3 Å². The molecule has 4 rings (SSSR count). The van der Waals surface area contributed by atoms with Crippen molar-refractivity contribution in [2.45, 2.75) is 25.3 Å². The van der Waals surface area contributed by atoms with E-state index in [1.165, 1.54) is 19.3 Å². The first-order valence-electron chi connectivity index (χ1n) is 8.21. The van der Waals surface area contributed by atoms with E-state index in [2.05, 4.69) is 30.6 Å². The van der Waals surface area contributed by atoms with Crippen molar-refractivity contribution in [2.24, 2.45) is 0 Å². The molecule has 6 nitrogen and oxygen atoms in total. The Bertz CT molecular complexity index is 866. The maximum absolute atomic E-state index is 6.01. The number of aromatic nitrogens is 4. The molecule has 1 saturated carbocycles. The van der Waals surface area contributed by atoms with E-state index in [9.17, 15) is 0 Å². The molecule has 7 heteroatoms. The van der Waals surface area contributed by atoms with Gasteiger partial charge in [0.05, 0.1) is 16.9 Å². The van der Waals surface area contributed by atoms with Crippen molar-refractivity contribution < 1.29 is 0 Å². The topological polar surface area (TPSA) is 75.6 Å². The van der Waals surface area contributed by atoms with Crippen LogP contribution in [0.2, 0.25) is 5.02 Å². The van der Waals surface area contributed by atoms with Crippen LogP contribution in [0.15, 0.2) is 48.9 Å². The Hall–Kier alpha value is -2.73. The van der Waals surface area contributed by atoms with E-state index in [-0.39, 0.29) is 0 Å². The maximum Gasteiger partial charge on any atom is 0.182 e. The van der Waals surface area contributed by atoms with Crippen molar-refractivity contribution in [1.29, 1.82) is 0 Å². The van der Waals surface area contributed by atoms with Gasteiger partial charge in [-0.2, -0.15) is 0 Å². The number of hydrogen-bond acceptors (Lipinski definition) is 6. The van der Waals surface area contributed by atoms with Crippen molar-refractivity contribution >= 4 is 28.9 Å². The molecule has 0 aromatic carbocycles. The second kappa shape index (κ2) is 7.03. The first-order valence-corrected chi connectivity index (χ1v) is 8.59. The molecule has 0 aliphatic heterocycles. The predicted molar refractivity (Wildman–Crippen MR) is 99.1 cm³/mol. The SMILES string of the molecule is Clc1cncc(Nc2cc(NC3CCC3)nc(-c3ccccn3)n2)c1. The lowest BCUT2D eigenvalue weighted by atomic mass is 9.93. The molecule has 1 fully saturated rings. The van der Waals surface area contributed by atoms with Crippen LogP contribution < -0.4 is 10.6 Å². The first-order chi connectivity index (χ1) is 12.3. The van der Waals surface area contributed by atoms with Gasteiger partial charge in [-0.05, 0) is 37.5 Å². The molecule has 1 aliphatic rings. The van der Waals surface area contributed by atoms with E-state index in [0.717, 1.165) is 17.2 Å². The molecule has 3 heterocycles. The third kappa shape index (κ3) is 3.85. The molecule has 126 valence electrons. The standard InChI is InChI=1S/C18H17ClN6/c19-12-8-14(11-20-10-12)23-17-9-16(22-13-4-3-5-13)24-18(25-17)15-6-1-2-7-21-15/h1-2,6-11,13H,3-5H2,(H2,22,23,24,25). The number of nitrogens with zero attached hydrogens (tertiary/aromatic N) is 4. The third-order valence-electron chi connectivity index (χ3n) is 4.05. The molecule has 1 aliphatic carbocycles. The smallest absolute Gasteiger partial charge is 0.182 e. The zero-order valence-corrected chi connectivity index (χ0v) is 14.2. The number of rotatable bonds is 5. The number of nitrogens with one attached hydrogen (secondary N) is 2. The fourth-order valence-electron chi connectivity index (χ4n) is 2.58. The van der Waals surface area contributed by atoms with Gasteiger partial charge in [0.25, 0.3) is 0 Å². The van der Waals surface area contributed by atoms with Gasteiger partial charge >= 0.3 is 0 Å². The van der Waals surface area contributed by atoms with E-state index in [1.54, 1.807) is 24.7 Å². The van der Waals surface area contributed by atoms with Gasteiger partial charge in [0.1, 0.15) is 17.3 Å². The van der Waals surface area contributed by atoms with Gasteiger partial charge in [0.15, 0.2) is 5.82 Å². The predicted octanol–water partition coefficient (Wildman–Crippen LogP) is 4.30. The van der Waals surface area contributed by atoms with Crippen LogP contribution in [-0.2, 0) is 0 Å². The van der Waals surface area contributed by atoms with Gasteiger partial charge in [-0.25, -0.2) is 9.97 Å². The summed E-state index contributed by atoms with van der Waals surface area (Å²) in [6.07, 6.45) is 8.63. The highest BCUT2D eigenvalue weighted by Crippen LogP contribution is 2.26. The van der Waals surface area contributed by atoms with Crippen LogP contribution in [0.3, 0.4) is 0 Å². The Morgan fingerprint density at radius 3 is 2.64 bits per heavy atom. The van der Waals surface area contributed by atoms with Gasteiger partial charge in [0, 0.05) is 24.5 Å². The van der Waals surface area contributed by atoms with Crippen molar-refractivity contribution in [3.8, 4) is 11.5 Å². The molecule has 0 amide bonds. The fourth-order valence-corrected chi connectivity index (χ4v) is 2.76. The average Bonchev–Trinajstić information content (AvgIpc) is 2.59. The zero-order valence-electron chi connectivity index (χ0n) is 13.5. The quantitative estimate of drug-likeness (QED) is 0.713. The number of pyridine rings is 2. The number of halogens is 1. The number of hydrogen-bond donors (Lipinski definition) is 2. The van der Waals surface area contributed by atoms with Crippen LogP contribution in [0.25, 0.3) is 11.5 Å². The number of anilines is 3. The summed E-state index contributed by atoms with van der Waals surface area (Å²) in [5.74, 6) is 2.03. The summed E-state index contributed by atoms with van der Waals surface area (Å²) in [7, 11) is 0. The molecule has 0 spiro atoms. The molecule has 3 aromatic rings. The molecular weight excluding hydrogens is 336 g/mol. The Morgan fingerprint density at radius 2 is 1.92 bits per heavy atom. The zero-order chi connectivity index (χ0) is 17.1. The first kappa shape index (κ1) is 15.8. The molecule has 0 saturated heterocycles. The molecular formula is C18H17ClN6. The highest BCUT2D eigenvalue weighted by molar-refractivity contribution is 6.30. The summed E-state index contributed by atoms with van der Waals surface area (Å²) in [4.78, 5) is 17.6. The van der Waals surface area contributed by atoms with Crippen molar-refractivity contribution in [3.05, 3.63) is 53.9 Å². The second-order valence-corrected chi connectivity index (χ2v) is 6.40. The summed E-state index contributed by atoms with van der Waals surface area (Å²) in [5, 5.41) is 7.27. The van der Waals surface area contributed by atoms with E-state index in [0.29, 0.717) is 22.7 Å². The minimum Gasteiger partial charge on any atom is -0.367 e. The van der Waals surface area contributed by atoms with Crippen molar-refractivity contribution in [3.63, 3.8) is 0 Å². The molecule has 25 heavy (non-hydrogen) atoms. The lowest BCUT2D eigenvalue weighted by Gasteiger charge is -2.27. The van der Waals surface area contributed by atoms with Crippen LogP contribution in [0, 0.1) is 0 Å².